The Balaban J connectivity index is 1.42. The second-order valence-electron chi connectivity index (χ2n) is 6.86. The molecule has 2 aromatic rings. The number of pyridine rings is 1. The minimum Gasteiger partial charge on any atom is -0.497 e. The van der Waals surface area contributed by atoms with Gasteiger partial charge in [0, 0.05) is 19.6 Å². The van der Waals surface area contributed by atoms with Gasteiger partial charge in [-0.05, 0) is 55.2 Å². The first kappa shape index (κ1) is 19.0. The quantitative estimate of drug-likeness (QED) is 0.758. The molecule has 1 amide bonds. The molecule has 1 aromatic heterocycles. The number of carbonyl (C=O) groups is 1. The number of nitrogens with zero attached hydrogens (tertiary/aromatic N) is 2. The van der Waals surface area contributed by atoms with Crippen LogP contribution in [0.1, 0.15) is 30.3 Å². The lowest BCUT2D eigenvalue weighted by Gasteiger charge is -2.30. The van der Waals surface area contributed by atoms with E-state index in [1.54, 1.807) is 19.4 Å². The highest BCUT2D eigenvalue weighted by molar-refractivity contribution is 5.92. The number of carbonyl (C=O) groups excluding carboxylic acids is 1. The number of likely N-dealkylation sites (tertiary alicyclic amines) is 1. The van der Waals surface area contributed by atoms with E-state index < -0.39 is 0 Å². The molecular weight excluding hydrogens is 342 g/mol. The number of benzene rings is 1. The van der Waals surface area contributed by atoms with E-state index in [4.69, 9.17) is 9.47 Å². The predicted molar refractivity (Wildman–Crippen MR) is 106 cm³/mol. The second-order valence-corrected chi connectivity index (χ2v) is 6.86. The standard InChI is InChI=1S/C21H27N3O3/c1-16-9-12-24(13-10-16)21(25)20-8-3-17(15-23-20)22-11-14-27-19-6-4-18(26-2)5-7-19/h3-8,15-16,22H,9-14H2,1-2H3. The van der Waals surface area contributed by atoms with Crippen LogP contribution in [0.3, 0.4) is 0 Å². The summed E-state index contributed by atoms with van der Waals surface area (Å²) < 4.78 is 10.8. The molecule has 1 N–H and O–H groups in total. The zero-order valence-electron chi connectivity index (χ0n) is 16.0. The molecule has 0 spiro atoms. The third-order valence-electron chi connectivity index (χ3n) is 4.81. The molecule has 0 radical (unpaired) electrons. The monoisotopic (exact) mass is 369 g/mol. The summed E-state index contributed by atoms with van der Waals surface area (Å²) in [5, 5.41) is 3.25. The van der Waals surface area contributed by atoms with E-state index in [0.717, 1.165) is 43.1 Å². The first-order valence-electron chi connectivity index (χ1n) is 9.42. The number of amides is 1. The van der Waals surface area contributed by atoms with Crippen LogP contribution < -0.4 is 14.8 Å². The molecule has 1 fully saturated rings. The number of rotatable bonds is 7. The summed E-state index contributed by atoms with van der Waals surface area (Å²) in [4.78, 5) is 18.7. The van der Waals surface area contributed by atoms with E-state index in [2.05, 4.69) is 17.2 Å². The van der Waals surface area contributed by atoms with Crippen molar-refractivity contribution >= 4 is 11.6 Å². The lowest BCUT2D eigenvalue weighted by atomic mass is 9.99. The maximum Gasteiger partial charge on any atom is 0.272 e. The molecule has 0 bridgehead atoms. The number of piperidine rings is 1. The number of hydrogen-bond donors (Lipinski definition) is 1. The average Bonchev–Trinajstić information content (AvgIpc) is 2.72. The predicted octanol–water partition coefficient (Wildman–Crippen LogP) is 3.45. The zero-order valence-corrected chi connectivity index (χ0v) is 16.0. The van der Waals surface area contributed by atoms with E-state index in [-0.39, 0.29) is 5.91 Å². The SMILES string of the molecule is COc1ccc(OCCNc2ccc(C(=O)N3CCC(C)CC3)nc2)cc1. The number of hydrogen-bond acceptors (Lipinski definition) is 5. The molecule has 1 aliphatic rings. The maximum atomic E-state index is 12.5. The Bertz CT molecular complexity index is 723. The Morgan fingerprint density at radius 3 is 2.48 bits per heavy atom. The van der Waals surface area contributed by atoms with Crippen LogP contribution in [0.4, 0.5) is 5.69 Å². The molecule has 1 saturated heterocycles. The highest BCUT2D eigenvalue weighted by Gasteiger charge is 2.22. The highest BCUT2D eigenvalue weighted by Crippen LogP contribution is 2.18. The molecule has 27 heavy (non-hydrogen) atoms. The summed E-state index contributed by atoms with van der Waals surface area (Å²) in [5.74, 6) is 2.33. The molecule has 0 unspecified atom stereocenters. The number of ether oxygens (including phenoxy) is 2. The van der Waals surface area contributed by atoms with Crippen LogP contribution in [0, 0.1) is 5.92 Å². The smallest absolute Gasteiger partial charge is 0.272 e. The fourth-order valence-electron chi connectivity index (χ4n) is 3.03. The second kappa shape index (κ2) is 9.26. The molecule has 1 aliphatic heterocycles. The molecule has 0 atom stereocenters. The fourth-order valence-corrected chi connectivity index (χ4v) is 3.03. The van der Waals surface area contributed by atoms with Crippen molar-refractivity contribution in [1.82, 2.24) is 9.88 Å². The van der Waals surface area contributed by atoms with Crippen molar-refractivity contribution in [3.05, 3.63) is 48.3 Å². The summed E-state index contributed by atoms with van der Waals surface area (Å²) >= 11 is 0. The van der Waals surface area contributed by atoms with E-state index in [9.17, 15) is 4.79 Å². The van der Waals surface area contributed by atoms with Gasteiger partial charge in [-0.3, -0.25) is 4.79 Å². The van der Waals surface area contributed by atoms with Crippen molar-refractivity contribution in [1.29, 1.82) is 0 Å². The Hall–Kier alpha value is -2.76. The first-order valence-corrected chi connectivity index (χ1v) is 9.42. The Morgan fingerprint density at radius 2 is 1.85 bits per heavy atom. The summed E-state index contributed by atoms with van der Waals surface area (Å²) in [5.41, 5.74) is 1.38. The summed E-state index contributed by atoms with van der Waals surface area (Å²) in [6, 6.07) is 11.2. The van der Waals surface area contributed by atoms with E-state index in [1.807, 2.05) is 35.2 Å². The molecule has 1 aromatic carbocycles. The Morgan fingerprint density at radius 1 is 1.15 bits per heavy atom. The minimum atomic E-state index is 0.0243. The number of methoxy groups -OCH3 is 1. The average molecular weight is 369 g/mol. The summed E-state index contributed by atoms with van der Waals surface area (Å²) in [7, 11) is 1.64. The first-order chi connectivity index (χ1) is 13.2. The van der Waals surface area contributed by atoms with Gasteiger partial charge in [0.25, 0.3) is 5.91 Å². The number of nitrogens with one attached hydrogen (secondary N) is 1. The molecule has 3 rings (SSSR count). The van der Waals surface area contributed by atoms with Gasteiger partial charge in [0.1, 0.15) is 23.8 Å². The van der Waals surface area contributed by atoms with Gasteiger partial charge in [-0.2, -0.15) is 0 Å². The fraction of sp³-hybridized carbons (Fsp3) is 0.429. The van der Waals surface area contributed by atoms with Crippen molar-refractivity contribution in [2.75, 3.05) is 38.7 Å². The van der Waals surface area contributed by atoms with Crippen molar-refractivity contribution in [2.24, 2.45) is 5.92 Å². The molecule has 6 nitrogen and oxygen atoms in total. The van der Waals surface area contributed by atoms with Crippen molar-refractivity contribution < 1.29 is 14.3 Å². The number of aromatic nitrogens is 1. The van der Waals surface area contributed by atoms with Crippen molar-refractivity contribution in [3.8, 4) is 11.5 Å². The van der Waals surface area contributed by atoms with Gasteiger partial charge >= 0.3 is 0 Å². The summed E-state index contributed by atoms with van der Waals surface area (Å²) in [6.45, 7) is 5.05. The van der Waals surface area contributed by atoms with Gasteiger partial charge in [-0.1, -0.05) is 6.92 Å². The van der Waals surface area contributed by atoms with Gasteiger partial charge in [-0.25, -0.2) is 4.98 Å². The van der Waals surface area contributed by atoms with Crippen molar-refractivity contribution in [3.63, 3.8) is 0 Å². The zero-order chi connectivity index (χ0) is 19.1. The van der Waals surface area contributed by atoms with Crippen LogP contribution in [0.2, 0.25) is 0 Å². The Labute approximate surface area is 160 Å². The topological polar surface area (TPSA) is 63.7 Å². The molecule has 6 heteroatoms. The summed E-state index contributed by atoms with van der Waals surface area (Å²) in [6.07, 6.45) is 3.84. The van der Waals surface area contributed by atoms with Gasteiger partial charge in [-0.15, -0.1) is 0 Å². The van der Waals surface area contributed by atoms with Gasteiger partial charge in [0.15, 0.2) is 0 Å². The van der Waals surface area contributed by atoms with Crippen molar-refractivity contribution in [2.45, 2.75) is 19.8 Å². The van der Waals surface area contributed by atoms with Gasteiger partial charge < -0.3 is 19.7 Å². The van der Waals surface area contributed by atoms with Crippen LogP contribution >= 0.6 is 0 Å². The molecule has 0 aliphatic carbocycles. The van der Waals surface area contributed by atoms with Crippen LogP contribution in [0.25, 0.3) is 0 Å². The largest absolute Gasteiger partial charge is 0.497 e. The molecular formula is C21H27N3O3. The molecule has 0 saturated carbocycles. The minimum absolute atomic E-state index is 0.0243. The van der Waals surface area contributed by atoms with E-state index in [1.165, 1.54) is 0 Å². The third kappa shape index (κ3) is 5.36. The van der Waals surface area contributed by atoms with Crippen LogP contribution in [0.15, 0.2) is 42.6 Å². The lowest BCUT2D eigenvalue weighted by molar-refractivity contribution is 0.0691. The normalized spacial score (nSPS) is 14.7. The Kier molecular flexibility index (Phi) is 6.52. The number of anilines is 1. The van der Waals surface area contributed by atoms with E-state index >= 15 is 0 Å². The lowest BCUT2D eigenvalue weighted by Crippen LogP contribution is -2.38. The van der Waals surface area contributed by atoms with Crippen LogP contribution in [0.5, 0.6) is 11.5 Å². The molecule has 144 valence electrons. The van der Waals surface area contributed by atoms with Crippen LogP contribution in [-0.4, -0.2) is 49.1 Å². The maximum absolute atomic E-state index is 12.5. The van der Waals surface area contributed by atoms with Crippen LogP contribution in [-0.2, 0) is 0 Å². The van der Waals surface area contributed by atoms with Gasteiger partial charge in [0.05, 0.1) is 19.0 Å². The highest BCUT2D eigenvalue weighted by atomic mass is 16.5. The third-order valence-corrected chi connectivity index (χ3v) is 4.81. The molecule has 2 heterocycles. The van der Waals surface area contributed by atoms with Gasteiger partial charge in [0.2, 0.25) is 0 Å². The van der Waals surface area contributed by atoms with E-state index in [0.29, 0.717) is 24.8 Å².